The summed E-state index contributed by atoms with van der Waals surface area (Å²) >= 11 is 6.02. The first-order chi connectivity index (χ1) is 8.41. The summed E-state index contributed by atoms with van der Waals surface area (Å²) in [6.45, 7) is 2.13. The molecule has 1 heterocycles. The zero-order chi connectivity index (χ0) is 13.3. The molecule has 1 unspecified atom stereocenters. The maximum atomic E-state index is 12.2. The van der Waals surface area contributed by atoms with Crippen LogP contribution in [0.2, 0.25) is 5.02 Å². The van der Waals surface area contributed by atoms with Crippen molar-refractivity contribution in [3.63, 3.8) is 0 Å². The van der Waals surface area contributed by atoms with Gasteiger partial charge in [-0.15, -0.1) is 0 Å². The second-order valence-corrected chi connectivity index (χ2v) is 7.13. The number of halogens is 1. The van der Waals surface area contributed by atoms with E-state index in [1.807, 2.05) is 0 Å². The van der Waals surface area contributed by atoms with E-state index >= 15 is 0 Å². The number of aliphatic hydroxyl groups is 1. The smallest absolute Gasteiger partial charge is 0.187 e. The molecule has 1 aromatic rings. The number of benzene rings is 1. The van der Waals surface area contributed by atoms with Gasteiger partial charge in [0.1, 0.15) is 5.25 Å². The van der Waals surface area contributed by atoms with Crippen LogP contribution in [0.1, 0.15) is 12.5 Å². The predicted octanol–water partition coefficient (Wildman–Crippen LogP) is 1.44. The lowest BCUT2D eigenvalue weighted by Gasteiger charge is -2.26. The molecule has 0 aliphatic carbocycles. The lowest BCUT2D eigenvalue weighted by Crippen LogP contribution is -2.40. The van der Waals surface area contributed by atoms with Crippen molar-refractivity contribution in [2.75, 3.05) is 13.2 Å². The van der Waals surface area contributed by atoms with Gasteiger partial charge in [0.05, 0.1) is 29.2 Å². The third kappa shape index (κ3) is 2.69. The minimum Gasteiger partial charge on any atom is -0.393 e. The van der Waals surface area contributed by atoms with Gasteiger partial charge in [0.25, 0.3) is 0 Å². The SMILES string of the molecule is CC(O)Cc1ccc(S(=O)(=O)C2COC2)c(Cl)c1. The quantitative estimate of drug-likeness (QED) is 0.911. The van der Waals surface area contributed by atoms with Crippen molar-refractivity contribution in [3.05, 3.63) is 28.8 Å². The normalized spacial score (nSPS) is 18.4. The largest absolute Gasteiger partial charge is 0.393 e. The number of ether oxygens (including phenoxy) is 1. The van der Waals surface area contributed by atoms with E-state index < -0.39 is 21.2 Å². The first-order valence-electron chi connectivity index (χ1n) is 5.69. The number of aliphatic hydroxyl groups excluding tert-OH is 1. The first-order valence-corrected chi connectivity index (χ1v) is 7.62. The van der Waals surface area contributed by atoms with E-state index in [9.17, 15) is 13.5 Å². The van der Waals surface area contributed by atoms with Crippen molar-refractivity contribution in [1.29, 1.82) is 0 Å². The van der Waals surface area contributed by atoms with Crippen molar-refractivity contribution in [2.45, 2.75) is 29.6 Å². The van der Waals surface area contributed by atoms with Crippen LogP contribution in [-0.4, -0.2) is 38.1 Å². The molecule has 0 saturated carbocycles. The molecule has 0 aromatic heterocycles. The van der Waals surface area contributed by atoms with Crippen LogP contribution in [0.5, 0.6) is 0 Å². The maximum absolute atomic E-state index is 12.2. The average molecular weight is 291 g/mol. The Morgan fingerprint density at radius 2 is 2.17 bits per heavy atom. The lowest BCUT2D eigenvalue weighted by molar-refractivity contribution is 0.0416. The zero-order valence-electron chi connectivity index (χ0n) is 9.97. The van der Waals surface area contributed by atoms with Gasteiger partial charge >= 0.3 is 0 Å². The van der Waals surface area contributed by atoms with E-state index in [0.717, 1.165) is 5.56 Å². The van der Waals surface area contributed by atoms with Crippen LogP contribution >= 0.6 is 11.6 Å². The van der Waals surface area contributed by atoms with Crippen molar-refractivity contribution in [3.8, 4) is 0 Å². The van der Waals surface area contributed by atoms with Crippen LogP contribution in [-0.2, 0) is 21.0 Å². The Hall–Kier alpha value is -0.620. The fourth-order valence-electron chi connectivity index (χ4n) is 1.82. The number of hydrogen-bond donors (Lipinski definition) is 1. The highest BCUT2D eigenvalue weighted by molar-refractivity contribution is 7.92. The van der Waals surface area contributed by atoms with Crippen molar-refractivity contribution in [2.24, 2.45) is 0 Å². The Kier molecular flexibility index (Phi) is 3.96. The molecule has 1 aliphatic rings. The highest BCUT2D eigenvalue weighted by atomic mass is 35.5. The van der Waals surface area contributed by atoms with Gasteiger partial charge in [0.2, 0.25) is 0 Å². The zero-order valence-corrected chi connectivity index (χ0v) is 11.5. The van der Waals surface area contributed by atoms with E-state index in [-0.39, 0.29) is 23.1 Å². The van der Waals surface area contributed by atoms with Gasteiger partial charge in [-0.05, 0) is 31.0 Å². The summed E-state index contributed by atoms with van der Waals surface area (Å²) in [5.74, 6) is 0. The molecule has 1 fully saturated rings. The molecule has 6 heteroatoms. The van der Waals surface area contributed by atoms with E-state index in [1.165, 1.54) is 6.07 Å². The Morgan fingerprint density at radius 1 is 1.50 bits per heavy atom. The molecule has 0 bridgehead atoms. The Balaban J connectivity index is 2.29. The minimum atomic E-state index is -3.40. The summed E-state index contributed by atoms with van der Waals surface area (Å²) in [6.07, 6.45) is -0.0318. The fraction of sp³-hybridized carbons (Fsp3) is 0.500. The molecular formula is C12H15ClO4S. The molecule has 0 amide bonds. The average Bonchev–Trinajstić information content (AvgIpc) is 2.11. The summed E-state index contributed by atoms with van der Waals surface area (Å²) in [4.78, 5) is 0.145. The maximum Gasteiger partial charge on any atom is 0.187 e. The molecule has 1 aromatic carbocycles. The molecule has 18 heavy (non-hydrogen) atoms. The van der Waals surface area contributed by atoms with Crippen LogP contribution < -0.4 is 0 Å². The summed E-state index contributed by atoms with van der Waals surface area (Å²) < 4.78 is 29.2. The Morgan fingerprint density at radius 3 is 2.61 bits per heavy atom. The van der Waals surface area contributed by atoms with E-state index in [0.29, 0.717) is 6.42 Å². The van der Waals surface area contributed by atoms with Gasteiger partial charge in [0.15, 0.2) is 9.84 Å². The molecule has 1 saturated heterocycles. The molecule has 4 nitrogen and oxygen atoms in total. The van der Waals surface area contributed by atoms with Gasteiger partial charge in [0, 0.05) is 0 Å². The Labute approximate surface area is 111 Å². The molecule has 1 N–H and O–H groups in total. The topological polar surface area (TPSA) is 63.6 Å². The van der Waals surface area contributed by atoms with Gasteiger partial charge in [-0.3, -0.25) is 0 Å². The van der Waals surface area contributed by atoms with E-state index in [2.05, 4.69) is 0 Å². The summed E-state index contributed by atoms with van der Waals surface area (Å²) in [5.41, 5.74) is 0.818. The second kappa shape index (κ2) is 5.17. The van der Waals surface area contributed by atoms with Crippen LogP contribution in [0.15, 0.2) is 23.1 Å². The molecule has 1 atom stereocenters. The van der Waals surface area contributed by atoms with Crippen molar-refractivity contribution in [1.82, 2.24) is 0 Å². The van der Waals surface area contributed by atoms with Crippen LogP contribution in [0, 0.1) is 0 Å². The van der Waals surface area contributed by atoms with E-state index in [1.54, 1.807) is 19.1 Å². The number of hydrogen-bond acceptors (Lipinski definition) is 4. The van der Waals surface area contributed by atoms with Gasteiger partial charge < -0.3 is 9.84 Å². The highest BCUT2D eigenvalue weighted by Crippen LogP contribution is 2.29. The first kappa shape index (κ1) is 13.8. The summed E-state index contributed by atoms with van der Waals surface area (Å²) in [6, 6.07) is 4.79. The highest BCUT2D eigenvalue weighted by Gasteiger charge is 2.35. The van der Waals surface area contributed by atoms with Crippen molar-refractivity contribution < 1.29 is 18.3 Å². The number of rotatable bonds is 4. The minimum absolute atomic E-state index is 0.145. The van der Waals surface area contributed by atoms with Crippen LogP contribution in [0.4, 0.5) is 0 Å². The molecular weight excluding hydrogens is 276 g/mol. The standard InChI is InChI=1S/C12H15ClO4S/c1-8(14)4-9-2-3-12(11(13)5-9)18(15,16)10-6-17-7-10/h2-3,5,8,10,14H,4,6-7H2,1H3. The summed E-state index contributed by atoms with van der Waals surface area (Å²) in [7, 11) is -3.40. The predicted molar refractivity (Wildman–Crippen MR) is 68.6 cm³/mol. The van der Waals surface area contributed by atoms with Crippen LogP contribution in [0.3, 0.4) is 0 Å². The lowest BCUT2D eigenvalue weighted by atomic mass is 10.1. The molecule has 0 radical (unpaired) electrons. The molecule has 1 aliphatic heterocycles. The molecule has 0 spiro atoms. The van der Waals surface area contributed by atoms with E-state index in [4.69, 9.17) is 16.3 Å². The molecule has 100 valence electrons. The fourth-order valence-corrected chi connectivity index (χ4v) is 3.84. The third-order valence-electron chi connectivity index (χ3n) is 2.88. The van der Waals surface area contributed by atoms with Crippen LogP contribution in [0.25, 0.3) is 0 Å². The van der Waals surface area contributed by atoms with Crippen molar-refractivity contribution >= 4 is 21.4 Å². The number of sulfone groups is 1. The second-order valence-electron chi connectivity index (χ2n) is 4.52. The summed E-state index contributed by atoms with van der Waals surface area (Å²) in [5, 5.41) is 9.00. The van der Waals surface area contributed by atoms with Gasteiger partial charge in [-0.1, -0.05) is 17.7 Å². The third-order valence-corrected chi connectivity index (χ3v) is 5.42. The van der Waals surface area contributed by atoms with Gasteiger partial charge in [-0.2, -0.15) is 0 Å². The van der Waals surface area contributed by atoms with Gasteiger partial charge in [-0.25, -0.2) is 8.42 Å². The molecule has 2 rings (SSSR count). The Bertz CT molecular complexity index is 535. The monoisotopic (exact) mass is 290 g/mol.